The van der Waals surface area contributed by atoms with E-state index in [1.807, 2.05) is 42.5 Å². The van der Waals surface area contributed by atoms with Gasteiger partial charge >= 0.3 is 12.1 Å². The third kappa shape index (κ3) is 8.12. The third-order valence-electron chi connectivity index (χ3n) is 7.71. The van der Waals surface area contributed by atoms with Gasteiger partial charge in [0.15, 0.2) is 5.82 Å². The summed E-state index contributed by atoms with van der Waals surface area (Å²) in [5.74, 6) is -1.35. The highest BCUT2D eigenvalue weighted by atomic mass is 16.8. The van der Waals surface area contributed by atoms with Crippen molar-refractivity contribution in [3.8, 4) is 11.4 Å². The van der Waals surface area contributed by atoms with Gasteiger partial charge in [0.05, 0.1) is 25.7 Å². The maximum Gasteiger partial charge on any atom is 0.527 e. The minimum Gasteiger partial charge on any atom is -0.481 e. The molecule has 45 heavy (non-hydrogen) atoms. The average molecular weight is 617 g/mol. The van der Waals surface area contributed by atoms with Gasteiger partial charge in [-0.1, -0.05) is 54.6 Å². The Kier molecular flexibility index (Phi) is 10.2. The van der Waals surface area contributed by atoms with Crippen molar-refractivity contribution in [2.24, 2.45) is 0 Å². The highest BCUT2D eigenvalue weighted by Gasteiger charge is 2.31. The number of hydrogen-bond donors (Lipinski definition) is 3. The summed E-state index contributed by atoms with van der Waals surface area (Å²) >= 11 is 0. The molecular weight excluding hydrogens is 580 g/mol. The van der Waals surface area contributed by atoms with Gasteiger partial charge in [0, 0.05) is 31.1 Å². The van der Waals surface area contributed by atoms with E-state index in [0.717, 1.165) is 12.8 Å². The molecule has 0 bridgehead atoms. The highest BCUT2D eigenvalue weighted by molar-refractivity contribution is 5.97. The van der Waals surface area contributed by atoms with Crippen LogP contribution in [0.15, 0.2) is 60.7 Å². The first-order valence-corrected chi connectivity index (χ1v) is 15.0. The average Bonchev–Trinajstić information content (AvgIpc) is 3.45. The van der Waals surface area contributed by atoms with E-state index < -0.39 is 30.0 Å². The van der Waals surface area contributed by atoms with Crippen LogP contribution in [0, 0.1) is 0 Å². The molecule has 2 atom stereocenters. The van der Waals surface area contributed by atoms with E-state index in [-0.39, 0.29) is 57.4 Å². The van der Waals surface area contributed by atoms with Gasteiger partial charge in [-0.25, -0.2) is 14.8 Å². The second-order valence-electron chi connectivity index (χ2n) is 10.7. The molecule has 0 radical (unpaired) electrons. The highest BCUT2D eigenvalue weighted by Crippen LogP contribution is 2.33. The Labute approximate surface area is 260 Å². The van der Waals surface area contributed by atoms with E-state index in [2.05, 4.69) is 27.8 Å². The maximum atomic E-state index is 13.7. The molecule has 1 aliphatic heterocycles. The molecule has 1 unspecified atom stereocenters. The zero-order valence-electron chi connectivity index (χ0n) is 25.0. The van der Waals surface area contributed by atoms with Crippen LogP contribution in [0.3, 0.4) is 0 Å². The molecule has 1 fully saturated rings. The molecule has 1 aromatic heterocycles. The number of aromatic nitrogens is 2. The third-order valence-corrected chi connectivity index (χ3v) is 7.71. The Morgan fingerprint density at radius 3 is 2.47 bits per heavy atom. The lowest BCUT2D eigenvalue weighted by atomic mass is 10.1. The summed E-state index contributed by atoms with van der Waals surface area (Å²) in [6.07, 6.45) is 0.536. The molecule has 236 valence electrons. The molecule has 3 aromatic rings. The van der Waals surface area contributed by atoms with Gasteiger partial charge in [0.1, 0.15) is 17.6 Å². The number of aryl methyl sites for hydroxylation is 1. The summed E-state index contributed by atoms with van der Waals surface area (Å²) in [6, 6.07) is 17.9. The number of piperazine rings is 1. The molecular formula is C32H36N6O7. The summed E-state index contributed by atoms with van der Waals surface area (Å²) in [4.78, 5) is 66.1. The second kappa shape index (κ2) is 14.6. The summed E-state index contributed by atoms with van der Waals surface area (Å²) in [5.41, 5.74) is 3.19. The normalized spacial score (nSPS) is 16.7. The molecule has 5 rings (SSSR count). The van der Waals surface area contributed by atoms with Crippen molar-refractivity contribution in [2.75, 3.05) is 38.1 Å². The van der Waals surface area contributed by atoms with Crippen molar-refractivity contribution in [1.29, 1.82) is 0 Å². The fourth-order valence-corrected chi connectivity index (χ4v) is 5.47. The van der Waals surface area contributed by atoms with Gasteiger partial charge in [-0.15, -0.1) is 5.06 Å². The van der Waals surface area contributed by atoms with Crippen LogP contribution in [0.2, 0.25) is 0 Å². The lowest BCUT2D eigenvalue weighted by Gasteiger charge is -2.35. The minimum atomic E-state index is -1.11. The number of benzene rings is 2. The van der Waals surface area contributed by atoms with Crippen LogP contribution in [-0.4, -0.2) is 87.8 Å². The number of carbonyl (C=O) groups excluding carboxylic acids is 3. The van der Waals surface area contributed by atoms with E-state index in [1.54, 1.807) is 13.0 Å². The fraction of sp³-hybridized carbons (Fsp3) is 0.375. The fourth-order valence-electron chi connectivity index (χ4n) is 5.47. The van der Waals surface area contributed by atoms with E-state index in [0.29, 0.717) is 17.2 Å². The van der Waals surface area contributed by atoms with Crippen LogP contribution in [0.1, 0.15) is 53.8 Å². The lowest BCUT2D eigenvalue weighted by molar-refractivity contribution is -0.157. The van der Waals surface area contributed by atoms with Crippen LogP contribution in [0.5, 0.6) is 0 Å². The van der Waals surface area contributed by atoms with Gasteiger partial charge in [-0.2, -0.15) is 0 Å². The van der Waals surface area contributed by atoms with Crippen LogP contribution in [0.25, 0.3) is 11.4 Å². The Bertz CT molecular complexity index is 1530. The smallest absolute Gasteiger partial charge is 0.481 e. The van der Waals surface area contributed by atoms with E-state index >= 15 is 0 Å². The number of carbonyl (C=O) groups is 4. The largest absolute Gasteiger partial charge is 0.527 e. The Balaban J connectivity index is 1.34. The maximum absolute atomic E-state index is 13.7. The van der Waals surface area contributed by atoms with Gasteiger partial charge in [-0.3, -0.25) is 14.4 Å². The number of nitrogens with zero attached hydrogens (tertiary/aromatic N) is 4. The molecule has 0 spiro atoms. The number of fused-ring (bicyclic) bond motifs is 1. The molecule has 2 amide bonds. The predicted molar refractivity (Wildman–Crippen MR) is 163 cm³/mol. The molecule has 1 aliphatic carbocycles. The summed E-state index contributed by atoms with van der Waals surface area (Å²) in [7, 11) is 0. The first-order chi connectivity index (χ1) is 21.8. The molecule has 13 nitrogen and oxygen atoms in total. The van der Waals surface area contributed by atoms with Crippen molar-refractivity contribution in [3.63, 3.8) is 0 Å². The number of hydroxylamine groups is 2. The Hall–Kier alpha value is -5.04. The zero-order valence-corrected chi connectivity index (χ0v) is 25.0. The Morgan fingerprint density at radius 2 is 1.73 bits per heavy atom. The monoisotopic (exact) mass is 616 g/mol. The van der Waals surface area contributed by atoms with E-state index in [1.165, 1.54) is 21.1 Å². The molecule has 2 heterocycles. The topological polar surface area (TPSA) is 163 Å². The van der Waals surface area contributed by atoms with Crippen molar-refractivity contribution >= 4 is 29.8 Å². The lowest BCUT2D eigenvalue weighted by Crippen LogP contribution is -2.55. The van der Waals surface area contributed by atoms with Crippen LogP contribution >= 0.6 is 0 Å². The molecule has 3 N–H and O–H groups in total. The number of nitrogens with one attached hydrogen (secondary N) is 2. The number of anilines is 1. The van der Waals surface area contributed by atoms with Crippen molar-refractivity contribution in [2.45, 2.75) is 44.7 Å². The van der Waals surface area contributed by atoms with Gasteiger partial charge in [-0.05, 0) is 37.3 Å². The van der Waals surface area contributed by atoms with E-state index in [4.69, 9.17) is 14.6 Å². The number of carboxylic acid groups (broad SMARTS) is 1. The second-order valence-corrected chi connectivity index (χ2v) is 10.7. The number of aliphatic carboxylic acids is 1. The first-order valence-electron chi connectivity index (χ1n) is 15.0. The molecule has 0 saturated carbocycles. The number of amides is 2. The first kappa shape index (κ1) is 31.4. The minimum absolute atomic E-state index is 0.00648. The van der Waals surface area contributed by atoms with E-state index in [9.17, 15) is 24.3 Å². The van der Waals surface area contributed by atoms with Crippen molar-refractivity contribution < 1.29 is 33.9 Å². The number of rotatable bonds is 11. The molecule has 13 heteroatoms. The van der Waals surface area contributed by atoms with Crippen LogP contribution in [0.4, 0.5) is 10.6 Å². The molecule has 2 aliphatic rings. The summed E-state index contributed by atoms with van der Waals surface area (Å²) in [5, 5.41) is 16.9. The van der Waals surface area contributed by atoms with Crippen LogP contribution in [-0.2, 0) is 25.6 Å². The summed E-state index contributed by atoms with van der Waals surface area (Å²) in [6.45, 7) is 2.72. The quantitative estimate of drug-likeness (QED) is 0.271. The van der Waals surface area contributed by atoms with Gasteiger partial charge < -0.3 is 30.2 Å². The number of carboxylic acids is 1. The number of hydrogen-bond acceptors (Lipinski definition) is 10. The Morgan fingerprint density at radius 1 is 1.00 bits per heavy atom. The summed E-state index contributed by atoms with van der Waals surface area (Å²) < 4.78 is 4.79. The van der Waals surface area contributed by atoms with Crippen molar-refractivity contribution in [1.82, 2.24) is 25.2 Å². The molecule has 2 aromatic carbocycles. The van der Waals surface area contributed by atoms with Gasteiger partial charge in [0.25, 0.3) is 5.91 Å². The SMILES string of the molecule is CCOC(=O)ON1CCN(C(=O)[C@H](CCC(=O)O)NC(=O)c2cc(NC3CCc4ccccc43)nc(-c3ccccc3)n2)CC1. The standard InChI is InChI=1S/C32H36N6O7/c1-2-44-32(43)45-38-18-16-37(17-19-38)31(42)25(14-15-28(39)40)35-30(41)26-20-27(36-29(34-26)22-9-4-3-5-10-22)33-24-13-12-21-8-6-7-11-23(21)24/h3-11,20,24-25H,2,12-19H2,1H3,(H,35,41)(H,39,40)(H,33,34,36)/t24?,25-/m0/s1. The van der Waals surface area contributed by atoms with Gasteiger partial charge in [0.2, 0.25) is 5.91 Å². The predicted octanol–water partition coefficient (Wildman–Crippen LogP) is 3.44. The van der Waals surface area contributed by atoms with Crippen molar-refractivity contribution in [3.05, 3.63) is 77.5 Å². The van der Waals surface area contributed by atoms with Crippen LogP contribution < -0.4 is 10.6 Å². The molecule has 1 saturated heterocycles. The zero-order chi connectivity index (χ0) is 31.8. The number of ether oxygens (including phenoxy) is 1.